The molecule has 6 nitrogen and oxygen atoms in total. The molecular formula is C20H32N2O4. The van der Waals surface area contributed by atoms with Gasteiger partial charge in [0.1, 0.15) is 12.1 Å². The van der Waals surface area contributed by atoms with Crippen LogP contribution in [0.25, 0.3) is 0 Å². The first-order valence-electron chi connectivity index (χ1n) is 9.11. The Kier molecular flexibility index (Phi) is 9.30. The Bertz CT molecular complexity index is 519. The molecule has 146 valence electrons. The topological polar surface area (TPSA) is 105 Å². The first-order chi connectivity index (χ1) is 12.2. The Morgan fingerprint density at radius 3 is 1.35 bits per heavy atom. The van der Waals surface area contributed by atoms with Gasteiger partial charge in [0.25, 0.3) is 0 Å². The molecule has 4 N–H and O–H groups in total. The van der Waals surface area contributed by atoms with E-state index in [1.807, 2.05) is 52.0 Å². The number of ether oxygens (including phenoxy) is 2. The third-order valence-corrected chi connectivity index (χ3v) is 3.66. The Labute approximate surface area is 156 Å². The number of nitrogens with two attached hydrogens (primary N) is 2. The Hall–Kier alpha value is -1.92. The molecule has 1 rings (SSSR count). The largest absolute Gasteiger partial charge is 0.464 e. The van der Waals surface area contributed by atoms with Gasteiger partial charge in [0.15, 0.2) is 0 Å². The summed E-state index contributed by atoms with van der Waals surface area (Å²) in [5.74, 6) is -0.223. The fourth-order valence-electron chi connectivity index (χ4n) is 2.20. The average Bonchev–Trinajstić information content (AvgIpc) is 2.58. The molecule has 26 heavy (non-hydrogen) atoms. The van der Waals surface area contributed by atoms with E-state index in [2.05, 4.69) is 0 Å². The lowest BCUT2D eigenvalue weighted by Crippen LogP contribution is -2.35. The predicted molar refractivity (Wildman–Crippen MR) is 101 cm³/mol. The van der Waals surface area contributed by atoms with Gasteiger partial charge in [0.2, 0.25) is 0 Å². The molecule has 0 spiro atoms. The van der Waals surface area contributed by atoms with Crippen molar-refractivity contribution in [2.75, 3.05) is 13.2 Å². The van der Waals surface area contributed by atoms with E-state index in [1.165, 1.54) is 0 Å². The highest BCUT2D eigenvalue weighted by atomic mass is 16.5. The fourth-order valence-corrected chi connectivity index (χ4v) is 2.20. The van der Waals surface area contributed by atoms with Crippen LogP contribution in [-0.4, -0.2) is 37.2 Å². The molecule has 0 unspecified atom stereocenters. The van der Waals surface area contributed by atoms with Crippen LogP contribution < -0.4 is 11.5 Å². The van der Waals surface area contributed by atoms with Crippen molar-refractivity contribution < 1.29 is 19.1 Å². The van der Waals surface area contributed by atoms with Gasteiger partial charge >= 0.3 is 11.9 Å². The number of esters is 2. The summed E-state index contributed by atoms with van der Waals surface area (Å²) in [5, 5.41) is 0. The smallest absolute Gasteiger partial charge is 0.323 e. The van der Waals surface area contributed by atoms with Crippen molar-refractivity contribution in [1.29, 1.82) is 0 Å². The van der Waals surface area contributed by atoms with Crippen LogP contribution in [0.1, 0.15) is 38.8 Å². The lowest BCUT2D eigenvalue weighted by molar-refractivity contribution is -0.147. The predicted octanol–water partition coefficient (Wildman–Crippen LogP) is 1.82. The van der Waals surface area contributed by atoms with Gasteiger partial charge in [-0.05, 0) is 35.8 Å². The third kappa shape index (κ3) is 8.45. The third-order valence-electron chi connectivity index (χ3n) is 3.66. The molecule has 0 fully saturated rings. The lowest BCUT2D eigenvalue weighted by atomic mass is 10.0. The van der Waals surface area contributed by atoms with Crippen molar-refractivity contribution in [2.45, 2.75) is 52.6 Å². The molecule has 0 aromatic heterocycles. The standard InChI is InChI=1S/C20H32N2O4/c1-13(2)11-25-19(23)17(21)9-15-5-7-16(8-6-15)10-18(22)20(24)26-12-14(3)4/h5-8,13-14,17-18H,9-12,21-22H2,1-4H3/t17-,18+. The molecule has 2 atom stereocenters. The minimum absolute atomic E-state index is 0.280. The number of benzene rings is 1. The van der Waals surface area contributed by atoms with Crippen LogP contribution in [0.5, 0.6) is 0 Å². The van der Waals surface area contributed by atoms with Crippen molar-refractivity contribution in [3.63, 3.8) is 0 Å². The Morgan fingerprint density at radius 1 is 0.769 bits per heavy atom. The maximum Gasteiger partial charge on any atom is 0.323 e. The maximum absolute atomic E-state index is 11.8. The fraction of sp³-hybridized carbons (Fsp3) is 0.600. The molecule has 0 heterocycles. The number of rotatable bonds is 10. The summed E-state index contributed by atoms with van der Waals surface area (Å²) in [6, 6.07) is 6.17. The van der Waals surface area contributed by atoms with Crippen molar-refractivity contribution in [1.82, 2.24) is 0 Å². The molecule has 0 radical (unpaired) electrons. The van der Waals surface area contributed by atoms with Crippen LogP contribution in [0.15, 0.2) is 24.3 Å². The van der Waals surface area contributed by atoms with Crippen LogP contribution in [-0.2, 0) is 31.9 Å². The van der Waals surface area contributed by atoms with Crippen LogP contribution in [0.2, 0.25) is 0 Å². The highest BCUT2D eigenvalue weighted by molar-refractivity contribution is 5.76. The summed E-state index contributed by atoms with van der Waals surface area (Å²) < 4.78 is 10.3. The van der Waals surface area contributed by atoms with Gasteiger partial charge in [0.05, 0.1) is 13.2 Å². The van der Waals surface area contributed by atoms with Crippen molar-refractivity contribution >= 4 is 11.9 Å². The molecule has 1 aromatic carbocycles. The quantitative estimate of drug-likeness (QED) is 0.614. The summed E-state index contributed by atoms with van der Waals surface area (Å²) in [6.45, 7) is 8.63. The van der Waals surface area contributed by atoms with Gasteiger partial charge < -0.3 is 20.9 Å². The van der Waals surface area contributed by atoms with Crippen molar-refractivity contribution in [3.8, 4) is 0 Å². The van der Waals surface area contributed by atoms with Gasteiger partial charge in [0, 0.05) is 0 Å². The van der Waals surface area contributed by atoms with Crippen LogP contribution in [0, 0.1) is 11.8 Å². The second kappa shape index (κ2) is 10.9. The van der Waals surface area contributed by atoms with E-state index in [0.717, 1.165) is 11.1 Å². The van der Waals surface area contributed by atoms with E-state index in [1.54, 1.807) is 0 Å². The highest BCUT2D eigenvalue weighted by Crippen LogP contribution is 2.10. The molecule has 1 aromatic rings. The first-order valence-corrected chi connectivity index (χ1v) is 9.11. The van der Waals surface area contributed by atoms with E-state index < -0.39 is 24.0 Å². The maximum atomic E-state index is 11.8. The second-order valence-electron chi connectivity index (χ2n) is 7.49. The number of hydrogen-bond acceptors (Lipinski definition) is 6. The molecule has 0 amide bonds. The Balaban J connectivity index is 2.50. The van der Waals surface area contributed by atoms with Crippen molar-refractivity contribution in [2.24, 2.45) is 23.3 Å². The summed E-state index contributed by atoms with van der Waals surface area (Å²) in [6.07, 6.45) is 0.805. The molecule has 0 saturated carbocycles. The van der Waals surface area contributed by atoms with E-state index in [-0.39, 0.29) is 11.8 Å². The van der Waals surface area contributed by atoms with Crippen LogP contribution in [0.3, 0.4) is 0 Å². The zero-order chi connectivity index (χ0) is 19.7. The number of hydrogen-bond donors (Lipinski definition) is 2. The zero-order valence-electron chi connectivity index (χ0n) is 16.2. The van der Waals surface area contributed by atoms with Crippen LogP contribution in [0.4, 0.5) is 0 Å². The molecule has 0 saturated heterocycles. The van der Waals surface area contributed by atoms with Crippen molar-refractivity contribution in [3.05, 3.63) is 35.4 Å². The monoisotopic (exact) mass is 364 g/mol. The summed E-state index contributed by atoms with van der Waals surface area (Å²) >= 11 is 0. The van der Waals surface area contributed by atoms with E-state index in [0.29, 0.717) is 26.1 Å². The lowest BCUT2D eigenvalue weighted by Gasteiger charge is -2.14. The van der Waals surface area contributed by atoms with Gasteiger partial charge in [-0.15, -0.1) is 0 Å². The highest BCUT2D eigenvalue weighted by Gasteiger charge is 2.18. The first kappa shape index (κ1) is 22.1. The van der Waals surface area contributed by atoms with Gasteiger partial charge in [-0.1, -0.05) is 52.0 Å². The molecule has 0 aliphatic carbocycles. The minimum atomic E-state index is -0.687. The van der Waals surface area contributed by atoms with E-state index >= 15 is 0 Å². The van der Waals surface area contributed by atoms with Crippen LogP contribution >= 0.6 is 0 Å². The zero-order valence-corrected chi connectivity index (χ0v) is 16.2. The Morgan fingerprint density at radius 2 is 1.08 bits per heavy atom. The molecule has 0 bridgehead atoms. The average molecular weight is 364 g/mol. The normalized spacial score (nSPS) is 13.5. The molecule has 6 heteroatoms. The van der Waals surface area contributed by atoms with E-state index in [9.17, 15) is 9.59 Å². The summed E-state index contributed by atoms with van der Waals surface area (Å²) in [4.78, 5) is 23.7. The molecular weight excluding hydrogens is 332 g/mol. The van der Waals surface area contributed by atoms with Gasteiger partial charge in [-0.2, -0.15) is 0 Å². The second-order valence-corrected chi connectivity index (χ2v) is 7.49. The summed E-state index contributed by atoms with van der Waals surface area (Å²) in [5.41, 5.74) is 13.7. The SMILES string of the molecule is CC(C)COC(=O)[C@H](N)Cc1ccc(C[C@H](N)C(=O)OCC(C)C)cc1. The number of carbonyl (C=O) groups excluding carboxylic acids is 2. The number of carbonyl (C=O) groups is 2. The van der Waals surface area contributed by atoms with E-state index in [4.69, 9.17) is 20.9 Å². The van der Waals surface area contributed by atoms with Gasteiger partial charge in [-0.25, -0.2) is 0 Å². The molecule has 0 aliphatic heterocycles. The van der Waals surface area contributed by atoms with Gasteiger partial charge in [-0.3, -0.25) is 9.59 Å². The minimum Gasteiger partial charge on any atom is -0.464 e. The molecule has 0 aliphatic rings. The summed E-state index contributed by atoms with van der Waals surface area (Å²) in [7, 11) is 0.